The van der Waals surface area contributed by atoms with E-state index in [9.17, 15) is 4.79 Å². The van der Waals surface area contributed by atoms with Crippen LogP contribution in [0, 0.1) is 0 Å². The molecule has 16 heavy (non-hydrogen) atoms. The third kappa shape index (κ3) is 2.20. The van der Waals surface area contributed by atoms with Crippen LogP contribution in [0.1, 0.15) is 16.1 Å². The van der Waals surface area contributed by atoms with Gasteiger partial charge in [-0.3, -0.25) is 0 Å². The van der Waals surface area contributed by atoms with Crippen molar-refractivity contribution in [1.82, 2.24) is 4.98 Å². The lowest BCUT2D eigenvalue weighted by molar-refractivity contribution is 0.0691. The van der Waals surface area contributed by atoms with E-state index in [-0.39, 0.29) is 5.69 Å². The van der Waals surface area contributed by atoms with Gasteiger partial charge in [-0.1, -0.05) is 0 Å². The summed E-state index contributed by atoms with van der Waals surface area (Å²) in [4.78, 5) is 14.7. The molecule has 2 aromatic rings. The van der Waals surface area contributed by atoms with Crippen molar-refractivity contribution in [2.24, 2.45) is 0 Å². The quantitative estimate of drug-likeness (QED) is 0.820. The number of carboxylic acids is 1. The Morgan fingerprint density at radius 1 is 1.50 bits per heavy atom. The number of hydrogen-bond acceptors (Lipinski definition) is 4. The average molecular weight is 218 g/mol. The Kier molecular flexibility index (Phi) is 2.86. The third-order valence-electron chi connectivity index (χ3n) is 2.07. The van der Waals surface area contributed by atoms with E-state index >= 15 is 0 Å². The first-order chi connectivity index (χ1) is 7.77. The minimum Gasteiger partial charge on any atom is -0.476 e. The molecule has 2 aromatic heterocycles. The van der Waals surface area contributed by atoms with Gasteiger partial charge in [0.1, 0.15) is 0 Å². The summed E-state index contributed by atoms with van der Waals surface area (Å²) in [6.45, 7) is 0.502. The molecule has 5 nitrogen and oxygen atoms in total. The lowest BCUT2D eigenvalue weighted by Gasteiger charge is -2.06. The summed E-state index contributed by atoms with van der Waals surface area (Å²) in [5.74, 6) is -1.05. The highest BCUT2D eigenvalue weighted by Crippen LogP contribution is 2.13. The third-order valence-corrected chi connectivity index (χ3v) is 2.07. The molecule has 0 spiro atoms. The second-order valence-electron chi connectivity index (χ2n) is 3.19. The number of furan rings is 1. The zero-order valence-electron chi connectivity index (χ0n) is 8.38. The Bertz CT molecular complexity index is 480. The first-order valence-electron chi connectivity index (χ1n) is 4.70. The highest BCUT2D eigenvalue weighted by Gasteiger charge is 2.10. The van der Waals surface area contributed by atoms with Gasteiger partial charge in [-0.15, -0.1) is 0 Å². The van der Waals surface area contributed by atoms with Crippen molar-refractivity contribution >= 4 is 11.7 Å². The van der Waals surface area contributed by atoms with E-state index in [1.165, 1.54) is 6.20 Å². The number of aromatic carboxylic acids is 1. The molecular weight excluding hydrogens is 208 g/mol. The van der Waals surface area contributed by atoms with Crippen LogP contribution in [0.25, 0.3) is 0 Å². The van der Waals surface area contributed by atoms with Crippen LogP contribution in [0.2, 0.25) is 0 Å². The summed E-state index contributed by atoms with van der Waals surface area (Å²) in [5.41, 5.74) is 1.46. The summed E-state index contributed by atoms with van der Waals surface area (Å²) in [6.07, 6.45) is 4.62. The molecule has 0 unspecified atom stereocenters. The molecule has 0 radical (unpaired) electrons. The molecule has 0 amide bonds. The molecule has 0 aliphatic carbocycles. The van der Waals surface area contributed by atoms with Crippen LogP contribution in [0.5, 0.6) is 0 Å². The maximum atomic E-state index is 10.9. The average Bonchev–Trinajstić information content (AvgIpc) is 2.79. The maximum Gasteiger partial charge on any atom is 0.356 e. The van der Waals surface area contributed by atoms with Gasteiger partial charge in [0.25, 0.3) is 0 Å². The zero-order valence-corrected chi connectivity index (χ0v) is 8.38. The molecule has 82 valence electrons. The van der Waals surface area contributed by atoms with Crippen LogP contribution in [-0.4, -0.2) is 16.1 Å². The molecule has 0 bridgehead atoms. The molecule has 2 N–H and O–H groups in total. The number of hydrogen-bond donors (Lipinski definition) is 2. The van der Waals surface area contributed by atoms with Crippen LogP contribution in [-0.2, 0) is 6.54 Å². The van der Waals surface area contributed by atoms with Crippen molar-refractivity contribution in [1.29, 1.82) is 0 Å². The standard InChI is InChI=1S/C11H10N2O3/c14-11(15)10-9(2-1-4-12-10)13-6-8-3-5-16-7-8/h1-5,7,13H,6H2,(H,14,15). The smallest absolute Gasteiger partial charge is 0.356 e. The van der Waals surface area contributed by atoms with Gasteiger partial charge in [0.2, 0.25) is 0 Å². The second-order valence-corrected chi connectivity index (χ2v) is 3.19. The zero-order chi connectivity index (χ0) is 11.4. The molecule has 0 fully saturated rings. The molecule has 2 heterocycles. The molecule has 0 saturated heterocycles. The molecule has 0 atom stereocenters. The van der Waals surface area contributed by atoms with Gasteiger partial charge >= 0.3 is 5.97 Å². The highest BCUT2D eigenvalue weighted by molar-refractivity contribution is 5.91. The molecular formula is C11H10N2O3. The fourth-order valence-corrected chi connectivity index (χ4v) is 1.31. The first kappa shape index (κ1) is 10.2. The second kappa shape index (κ2) is 4.48. The van der Waals surface area contributed by atoms with E-state index in [1.807, 2.05) is 6.07 Å². The summed E-state index contributed by atoms with van der Waals surface area (Å²) in [5, 5.41) is 11.9. The normalized spacial score (nSPS) is 10.0. The van der Waals surface area contributed by atoms with Gasteiger partial charge in [-0.05, 0) is 18.2 Å². The van der Waals surface area contributed by atoms with Crippen molar-refractivity contribution < 1.29 is 14.3 Å². The summed E-state index contributed by atoms with van der Waals surface area (Å²) < 4.78 is 4.91. The van der Waals surface area contributed by atoms with Gasteiger partial charge in [0, 0.05) is 18.3 Å². The van der Waals surface area contributed by atoms with E-state index < -0.39 is 5.97 Å². The predicted molar refractivity (Wildman–Crippen MR) is 57.2 cm³/mol. The van der Waals surface area contributed by atoms with Crippen molar-refractivity contribution in [3.63, 3.8) is 0 Å². The van der Waals surface area contributed by atoms with E-state index in [2.05, 4.69) is 10.3 Å². The summed E-state index contributed by atoms with van der Waals surface area (Å²) in [6, 6.07) is 5.17. The lowest BCUT2D eigenvalue weighted by Crippen LogP contribution is -2.07. The number of rotatable bonds is 4. The number of pyridine rings is 1. The number of nitrogens with one attached hydrogen (secondary N) is 1. The molecule has 0 aliphatic rings. The number of carbonyl (C=O) groups is 1. The van der Waals surface area contributed by atoms with Gasteiger partial charge < -0.3 is 14.8 Å². The highest BCUT2D eigenvalue weighted by atomic mass is 16.4. The van der Waals surface area contributed by atoms with Crippen LogP contribution in [0.3, 0.4) is 0 Å². The first-order valence-corrected chi connectivity index (χ1v) is 4.70. The number of nitrogens with zero attached hydrogens (tertiary/aromatic N) is 1. The van der Waals surface area contributed by atoms with E-state index in [0.717, 1.165) is 5.56 Å². The van der Waals surface area contributed by atoms with Crippen LogP contribution in [0.15, 0.2) is 41.3 Å². The van der Waals surface area contributed by atoms with Crippen molar-refractivity contribution in [2.45, 2.75) is 6.54 Å². The SMILES string of the molecule is O=C(O)c1ncccc1NCc1ccoc1. The lowest BCUT2D eigenvalue weighted by atomic mass is 10.2. The molecule has 5 heteroatoms. The molecule has 0 saturated carbocycles. The van der Waals surface area contributed by atoms with Gasteiger partial charge in [0.05, 0.1) is 18.2 Å². The van der Waals surface area contributed by atoms with Gasteiger partial charge in [-0.2, -0.15) is 0 Å². The van der Waals surface area contributed by atoms with Crippen LogP contribution >= 0.6 is 0 Å². The summed E-state index contributed by atoms with van der Waals surface area (Å²) in [7, 11) is 0. The Labute approximate surface area is 91.7 Å². The molecule has 0 aliphatic heterocycles. The number of anilines is 1. The monoisotopic (exact) mass is 218 g/mol. The van der Waals surface area contributed by atoms with Gasteiger partial charge in [-0.25, -0.2) is 9.78 Å². The fraction of sp³-hybridized carbons (Fsp3) is 0.0909. The fourth-order valence-electron chi connectivity index (χ4n) is 1.31. The Morgan fingerprint density at radius 3 is 3.06 bits per heavy atom. The number of carboxylic acid groups (broad SMARTS) is 1. The summed E-state index contributed by atoms with van der Waals surface area (Å²) >= 11 is 0. The van der Waals surface area contributed by atoms with Crippen LogP contribution < -0.4 is 5.32 Å². The minimum absolute atomic E-state index is 0.0194. The predicted octanol–water partition coefficient (Wildman–Crippen LogP) is 1.98. The Balaban J connectivity index is 2.12. The largest absolute Gasteiger partial charge is 0.476 e. The Hall–Kier alpha value is -2.30. The van der Waals surface area contributed by atoms with E-state index in [1.54, 1.807) is 24.7 Å². The minimum atomic E-state index is -1.05. The van der Waals surface area contributed by atoms with Gasteiger partial charge in [0.15, 0.2) is 5.69 Å². The Morgan fingerprint density at radius 2 is 2.38 bits per heavy atom. The topological polar surface area (TPSA) is 75.4 Å². The molecule has 2 rings (SSSR count). The van der Waals surface area contributed by atoms with Crippen LogP contribution in [0.4, 0.5) is 5.69 Å². The van der Waals surface area contributed by atoms with Crippen molar-refractivity contribution in [3.05, 3.63) is 48.2 Å². The van der Waals surface area contributed by atoms with E-state index in [0.29, 0.717) is 12.2 Å². The number of aromatic nitrogens is 1. The van der Waals surface area contributed by atoms with Crippen molar-refractivity contribution in [2.75, 3.05) is 5.32 Å². The van der Waals surface area contributed by atoms with E-state index in [4.69, 9.17) is 9.52 Å². The van der Waals surface area contributed by atoms with Crippen molar-refractivity contribution in [3.8, 4) is 0 Å². The molecule has 0 aromatic carbocycles. The maximum absolute atomic E-state index is 10.9.